The zero-order valence-corrected chi connectivity index (χ0v) is 19.6. The molecule has 0 aliphatic rings. The molecule has 3 aromatic rings. The lowest BCUT2D eigenvalue weighted by Crippen LogP contribution is -2.27. The van der Waals surface area contributed by atoms with Crippen LogP contribution in [0.15, 0.2) is 40.8 Å². The van der Waals surface area contributed by atoms with Crippen LogP contribution >= 0.6 is 0 Å². The van der Waals surface area contributed by atoms with Crippen molar-refractivity contribution in [2.45, 2.75) is 53.9 Å². The highest BCUT2D eigenvalue weighted by atomic mass is 16.5. The second kappa shape index (κ2) is 10.6. The fourth-order valence-electron chi connectivity index (χ4n) is 4.18. The smallest absolute Gasteiger partial charge is 0.197 e. The van der Waals surface area contributed by atoms with Gasteiger partial charge in [-0.15, -0.1) is 0 Å². The minimum absolute atomic E-state index is 0.0424. The zero-order valence-electron chi connectivity index (χ0n) is 19.6. The maximum atomic E-state index is 13.7. The van der Waals surface area contributed by atoms with Gasteiger partial charge in [0.1, 0.15) is 23.7 Å². The third-order valence-electron chi connectivity index (χ3n) is 5.96. The van der Waals surface area contributed by atoms with E-state index in [1.54, 1.807) is 0 Å². The summed E-state index contributed by atoms with van der Waals surface area (Å²) < 4.78 is 12.1. The molecule has 0 radical (unpaired) electrons. The van der Waals surface area contributed by atoms with Crippen LogP contribution in [0.4, 0.5) is 0 Å². The Balaban J connectivity index is 1.90. The second-order valence-electron chi connectivity index (χ2n) is 8.14. The number of fused-ring (bicyclic) bond motifs is 1. The molecule has 0 saturated carbocycles. The number of furan rings is 1. The molecular formula is C27H35NO3. The summed E-state index contributed by atoms with van der Waals surface area (Å²) in [6, 6.07) is 11.8. The number of hydrogen-bond acceptors (Lipinski definition) is 4. The summed E-state index contributed by atoms with van der Waals surface area (Å²) in [6.45, 7) is 14.0. The molecule has 0 aliphatic heterocycles. The standard InChI is InChI=1S/C27H35NO3/c1-6-9-13-24-26(22-12-10-11-14-23(22)31-24)27(29)25-19(4)17-21(18-20(25)5)30-16-15-28(7-2)8-3/h10-12,14,17-18H,6-9,13,15-16H2,1-5H3. The normalized spacial score (nSPS) is 11.4. The average molecular weight is 422 g/mol. The van der Waals surface area contributed by atoms with Crippen LogP contribution in [-0.4, -0.2) is 36.9 Å². The van der Waals surface area contributed by atoms with E-state index in [1.807, 2.05) is 50.2 Å². The van der Waals surface area contributed by atoms with Crippen molar-refractivity contribution in [2.24, 2.45) is 0 Å². The number of ketones is 1. The van der Waals surface area contributed by atoms with E-state index in [1.165, 1.54) is 0 Å². The van der Waals surface area contributed by atoms with Gasteiger partial charge in [0.05, 0.1) is 5.56 Å². The Kier molecular flexibility index (Phi) is 7.91. The lowest BCUT2D eigenvalue weighted by Gasteiger charge is -2.19. The van der Waals surface area contributed by atoms with Crippen molar-refractivity contribution in [2.75, 3.05) is 26.2 Å². The molecule has 1 heterocycles. The van der Waals surface area contributed by atoms with Crippen LogP contribution in [0, 0.1) is 13.8 Å². The molecule has 0 amide bonds. The number of benzene rings is 2. The summed E-state index contributed by atoms with van der Waals surface area (Å²) >= 11 is 0. The molecule has 31 heavy (non-hydrogen) atoms. The summed E-state index contributed by atoms with van der Waals surface area (Å²) in [4.78, 5) is 16.1. The Morgan fingerprint density at radius 3 is 2.32 bits per heavy atom. The Morgan fingerprint density at radius 1 is 1.00 bits per heavy atom. The fourth-order valence-corrected chi connectivity index (χ4v) is 4.18. The van der Waals surface area contributed by atoms with Gasteiger partial charge in [0.15, 0.2) is 5.78 Å². The van der Waals surface area contributed by atoms with Crippen molar-refractivity contribution in [1.82, 2.24) is 4.90 Å². The lowest BCUT2D eigenvalue weighted by atomic mass is 9.92. The summed E-state index contributed by atoms with van der Waals surface area (Å²) in [6.07, 6.45) is 2.83. The Bertz CT molecular complexity index is 1010. The van der Waals surface area contributed by atoms with Gasteiger partial charge in [-0.05, 0) is 62.7 Å². The molecule has 1 aromatic heterocycles. The Hall–Kier alpha value is -2.59. The number of hydrogen-bond donors (Lipinski definition) is 0. The highest BCUT2D eigenvalue weighted by Gasteiger charge is 2.24. The summed E-state index contributed by atoms with van der Waals surface area (Å²) in [5, 5.41) is 0.900. The van der Waals surface area contributed by atoms with Gasteiger partial charge in [-0.3, -0.25) is 4.79 Å². The van der Waals surface area contributed by atoms with Crippen molar-refractivity contribution < 1.29 is 13.9 Å². The van der Waals surface area contributed by atoms with Crippen LogP contribution in [-0.2, 0) is 6.42 Å². The number of carbonyl (C=O) groups is 1. The van der Waals surface area contributed by atoms with Gasteiger partial charge >= 0.3 is 0 Å². The maximum absolute atomic E-state index is 13.7. The quantitative estimate of drug-likeness (QED) is 0.339. The predicted molar refractivity (Wildman–Crippen MR) is 127 cm³/mol. The van der Waals surface area contributed by atoms with Gasteiger partial charge in [-0.1, -0.05) is 45.4 Å². The molecule has 0 N–H and O–H groups in total. The van der Waals surface area contributed by atoms with E-state index in [9.17, 15) is 4.79 Å². The Labute approximate surface area is 186 Å². The van der Waals surface area contributed by atoms with Gasteiger partial charge in [-0.25, -0.2) is 0 Å². The topological polar surface area (TPSA) is 42.7 Å². The van der Waals surface area contributed by atoms with Gasteiger partial charge in [0.2, 0.25) is 0 Å². The lowest BCUT2D eigenvalue weighted by molar-refractivity contribution is 0.103. The first-order valence-electron chi connectivity index (χ1n) is 11.5. The number of likely N-dealkylation sites (N-methyl/N-ethyl adjacent to an activating group) is 1. The highest BCUT2D eigenvalue weighted by molar-refractivity contribution is 6.18. The number of para-hydroxylation sites is 1. The maximum Gasteiger partial charge on any atom is 0.197 e. The molecular weight excluding hydrogens is 386 g/mol. The SMILES string of the molecule is CCCCc1oc2ccccc2c1C(=O)c1c(C)cc(OCCN(CC)CC)cc1C. The summed E-state index contributed by atoms with van der Waals surface area (Å²) in [7, 11) is 0. The van der Waals surface area contributed by atoms with Crippen molar-refractivity contribution in [3.8, 4) is 5.75 Å². The minimum atomic E-state index is 0.0424. The van der Waals surface area contributed by atoms with Crippen molar-refractivity contribution in [1.29, 1.82) is 0 Å². The van der Waals surface area contributed by atoms with Crippen LogP contribution in [0.25, 0.3) is 11.0 Å². The van der Waals surface area contributed by atoms with E-state index in [-0.39, 0.29) is 5.78 Å². The van der Waals surface area contributed by atoms with Crippen molar-refractivity contribution in [3.63, 3.8) is 0 Å². The molecule has 0 saturated heterocycles. The molecule has 4 heteroatoms. The van der Waals surface area contributed by atoms with Crippen LogP contribution in [0.5, 0.6) is 5.75 Å². The first kappa shape index (κ1) is 23.1. The van der Waals surface area contributed by atoms with Crippen LogP contribution in [0.2, 0.25) is 0 Å². The number of carbonyl (C=O) groups excluding carboxylic acids is 1. The fraction of sp³-hybridized carbons (Fsp3) is 0.444. The first-order valence-corrected chi connectivity index (χ1v) is 11.5. The molecule has 166 valence electrons. The second-order valence-corrected chi connectivity index (χ2v) is 8.14. The van der Waals surface area contributed by atoms with E-state index >= 15 is 0 Å². The van der Waals surface area contributed by atoms with E-state index in [4.69, 9.17) is 9.15 Å². The summed E-state index contributed by atoms with van der Waals surface area (Å²) in [5.41, 5.74) is 4.12. The molecule has 0 spiro atoms. The monoisotopic (exact) mass is 421 g/mol. The predicted octanol–water partition coefficient (Wildman–Crippen LogP) is 6.34. The van der Waals surface area contributed by atoms with Crippen LogP contribution in [0.1, 0.15) is 66.4 Å². The number of rotatable bonds is 11. The van der Waals surface area contributed by atoms with Crippen LogP contribution < -0.4 is 4.74 Å². The van der Waals surface area contributed by atoms with Gasteiger partial charge in [0, 0.05) is 23.9 Å². The highest BCUT2D eigenvalue weighted by Crippen LogP contribution is 2.32. The van der Waals surface area contributed by atoms with Crippen LogP contribution in [0.3, 0.4) is 0 Å². The molecule has 0 fully saturated rings. The molecule has 0 bridgehead atoms. The largest absolute Gasteiger partial charge is 0.492 e. The van der Waals surface area contributed by atoms with Crippen molar-refractivity contribution in [3.05, 3.63) is 64.4 Å². The molecule has 4 nitrogen and oxygen atoms in total. The van der Waals surface area contributed by atoms with E-state index in [2.05, 4.69) is 25.7 Å². The number of aryl methyl sites for hydroxylation is 3. The zero-order chi connectivity index (χ0) is 22.4. The number of nitrogens with zero attached hydrogens (tertiary/aromatic N) is 1. The number of ether oxygens (including phenoxy) is 1. The summed E-state index contributed by atoms with van der Waals surface area (Å²) in [5.74, 6) is 1.66. The molecule has 2 aromatic carbocycles. The van der Waals surface area contributed by atoms with Gasteiger partial charge in [0.25, 0.3) is 0 Å². The van der Waals surface area contributed by atoms with Crippen molar-refractivity contribution >= 4 is 16.8 Å². The minimum Gasteiger partial charge on any atom is -0.492 e. The van der Waals surface area contributed by atoms with Gasteiger partial charge in [-0.2, -0.15) is 0 Å². The average Bonchev–Trinajstić information content (AvgIpc) is 3.13. The van der Waals surface area contributed by atoms with E-state index < -0.39 is 0 Å². The first-order chi connectivity index (χ1) is 15.0. The molecule has 0 atom stereocenters. The number of unbranched alkanes of at least 4 members (excludes halogenated alkanes) is 1. The third kappa shape index (κ3) is 5.19. The van der Waals surface area contributed by atoms with Gasteiger partial charge < -0.3 is 14.1 Å². The molecule has 0 aliphatic carbocycles. The Morgan fingerprint density at radius 2 is 1.68 bits per heavy atom. The van der Waals surface area contributed by atoms with E-state index in [0.717, 1.165) is 78.1 Å². The molecule has 3 rings (SSSR count). The molecule has 0 unspecified atom stereocenters. The third-order valence-corrected chi connectivity index (χ3v) is 5.96. The van der Waals surface area contributed by atoms with E-state index in [0.29, 0.717) is 12.2 Å².